The first kappa shape index (κ1) is 15.7. The molecule has 0 atom stereocenters. The van der Waals surface area contributed by atoms with Crippen LogP contribution in [0.15, 0.2) is 52.6 Å². The van der Waals surface area contributed by atoms with Crippen LogP contribution >= 0.6 is 23.4 Å². The largest absolute Gasteiger partial charge is 0.290 e. The van der Waals surface area contributed by atoms with Crippen molar-refractivity contribution in [1.29, 1.82) is 0 Å². The molecule has 2 heterocycles. The molecule has 1 aromatic carbocycles. The van der Waals surface area contributed by atoms with E-state index in [0.717, 1.165) is 0 Å². The molecule has 1 aromatic heterocycles. The second-order valence-corrected chi connectivity index (χ2v) is 6.13. The minimum atomic E-state index is -0.376. The Bertz CT molecular complexity index is 838. The zero-order chi connectivity index (χ0) is 16.4. The van der Waals surface area contributed by atoms with Crippen LogP contribution in [-0.2, 0) is 4.79 Å². The fourth-order valence-electron chi connectivity index (χ4n) is 1.95. The van der Waals surface area contributed by atoms with Gasteiger partial charge in [-0.3, -0.25) is 14.7 Å². The molecule has 0 spiro atoms. The first-order chi connectivity index (χ1) is 11.1. The number of carbonyl (C=O) groups is 1. The molecule has 0 N–H and O–H groups in total. The predicted octanol–water partition coefficient (Wildman–Crippen LogP) is 4.11. The molecule has 0 unspecified atom stereocenters. The van der Waals surface area contributed by atoms with Gasteiger partial charge in [0.1, 0.15) is 5.82 Å². The van der Waals surface area contributed by atoms with Gasteiger partial charge < -0.3 is 0 Å². The lowest BCUT2D eigenvalue weighted by molar-refractivity contribution is -0.121. The third-order valence-electron chi connectivity index (χ3n) is 3.16. The molecule has 1 saturated heterocycles. The molecular formula is C16H11ClFN3OS. The van der Waals surface area contributed by atoms with E-state index in [-0.39, 0.29) is 11.7 Å². The summed E-state index contributed by atoms with van der Waals surface area (Å²) in [5.41, 5.74) is 0.885. The smallest absolute Gasteiger partial charge is 0.266 e. The Morgan fingerprint density at radius 2 is 2.13 bits per heavy atom. The number of carbonyl (C=O) groups excluding carboxylic acids is 1. The molecular weight excluding hydrogens is 337 g/mol. The fraction of sp³-hybridized carbons (Fsp3) is 0.0625. The molecule has 0 bridgehead atoms. The lowest BCUT2D eigenvalue weighted by atomic mass is 10.2. The van der Waals surface area contributed by atoms with Gasteiger partial charge in [-0.25, -0.2) is 9.38 Å². The van der Waals surface area contributed by atoms with Crippen molar-refractivity contribution in [3.63, 3.8) is 0 Å². The highest BCUT2D eigenvalue weighted by Gasteiger charge is 2.30. The van der Waals surface area contributed by atoms with Crippen molar-refractivity contribution in [2.45, 2.75) is 0 Å². The highest BCUT2D eigenvalue weighted by atomic mass is 35.5. The first-order valence-corrected chi connectivity index (χ1v) is 7.86. The van der Waals surface area contributed by atoms with Gasteiger partial charge in [0.05, 0.1) is 15.6 Å². The van der Waals surface area contributed by atoms with Gasteiger partial charge >= 0.3 is 0 Å². The average Bonchev–Trinajstić information content (AvgIpc) is 2.80. The summed E-state index contributed by atoms with van der Waals surface area (Å²) in [7, 11) is 1.62. The van der Waals surface area contributed by atoms with E-state index in [1.165, 1.54) is 35.0 Å². The third-order valence-corrected chi connectivity index (χ3v) is 4.51. The van der Waals surface area contributed by atoms with Crippen LogP contribution in [0.25, 0.3) is 6.08 Å². The molecule has 1 aliphatic heterocycles. The minimum absolute atomic E-state index is 0.234. The molecule has 2 aromatic rings. The summed E-state index contributed by atoms with van der Waals surface area (Å²) in [5.74, 6) is -0.610. The summed E-state index contributed by atoms with van der Waals surface area (Å²) >= 11 is 7.20. The summed E-state index contributed by atoms with van der Waals surface area (Å²) < 4.78 is 13.7. The van der Waals surface area contributed by atoms with E-state index < -0.39 is 0 Å². The summed E-state index contributed by atoms with van der Waals surface area (Å²) in [6, 6.07) is 7.95. The molecule has 7 heteroatoms. The molecule has 3 rings (SSSR count). The summed E-state index contributed by atoms with van der Waals surface area (Å²) in [5, 5.41) is 0.874. The molecule has 1 fully saturated rings. The number of thioether (sulfide) groups is 1. The average molecular weight is 348 g/mol. The number of aliphatic imine (C=N–C) groups is 1. The van der Waals surface area contributed by atoms with Crippen LogP contribution in [0, 0.1) is 5.82 Å². The Hall–Kier alpha value is -2.18. The number of benzene rings is 1. The van der Waals surface area contributed by atoms with Gasteiger partial charge in [0.25, 0.3) is 5.91 Å². The molecule has 1 aliphatic rings. The second kappa shape index (κ2) is 6.52. The van der Waals surface area contributed by atoms with Gasteiger partial charge in [0.2, 0.25) is 0 Å². The Morgan fingerprint density at radius 1 is 1.35 bits per heavy atom. The molecule has 116 valence electrons. The SMILES string of the molecule is CN1C(=O)/C(=C/c2ccccc2F)SC1=Nc1ccncc1Cl. The number of hydrogen-bond acceptors (Lipinski definition) is 4. The minimum Gasteiger partial charge on any atom is -0.290 e. The number of rotatable bonds is 2. The number of amidine groups is 1. The topological polar surface area (TPSA) is 45.6 Å². The van der Waals surface area contributed by atoms with Crippen molar-refractivity contribution in [2.24, 2.45) is 4.99 Å². The van der Waals surface area contributed by atoms with Crippen LogP contribution in [-0.4, -0.2) is 28.0 Å². The monoisotopic (exact) mass is 347 g/mol. The molecule has 4 nitrogen and oxygen atoms in total. The summed E-state index contributed by atoms with van der Waals surface area (Å²) in [6.45, 7) is 0. The van der Waals surface area contributed by atoms with Gasteiger partial charge in [0.15, 0.2) is 5.17 Å². The van der Waals surface area contributed by atoms with Gasteiger partial charge in [-0.2, -0.15) is 0 Å². The Labute approximate surface area is 141 Å². The van der Waals surface area contributed by atoms with E-state index in [2.05, 4.69) is 9.98 Å². The number of pyridine rings is 1. The van der Waals surface area contributed by atoms with Crippen LogP contribution in [0.3, 0.4) is 0 Å². The second-order valence-electron chi connectivity index (χ2n) is 4.72. The van der Waals surface area contributed by atoms with Crippen LogP contribution in [0.5, 0.6) is 0 Å². The zero-order valence-corrected chi connectivity index (χ0v) is 13.6. The van der Waals surface area contributed by atoms with E-state index in [9.17, 15) is 9.18 Å². The summed E-state index contributed by atoms with van der Waals surface area (Å²) in [6.07, 6.45) is 4.58. The molecule has 0 radical (unpaired) electrons. The number of hydrogen-bond donors (Lipinski definition) is 0. The van der Waals surface area contributed by atoms with Crippen molar-refractivity contribution in [3.05, 3.63) is 64.0 Å². The molecule has 1 amide bonds. The van der Waals surface area contributed by atoms with E-state index in [1.54, 1.807) is 37.5 Å². The van der Waals surface area contributed by atoms with E-state index >= 15 is 0 Å². The lowest BCUT2D eigenvalue weighted by Gasteiger charge is -2.07. The van der Waals surface area contributed by atoms with Crippen LogP contribution in [0.2, 0.25) is 5.02 Å². The molecule has 0 aliphatic carbocycles. The number of amides is 1. The van der Waals surface area contributed by atoms with Gasteiger partial charge in [0, 0.05) is 25.0 Å². The highest BCUT2D eigenvalue weighted by Crippen LogP contribution is 2.34. The molecule has 23 heavy (non-hydrogen) atoms. The fourth-order valence-corrected chi connectivity index (χ4v) is 3.08. The zero-order valence-electron chi connectivity index (χ0n) is 12.0. The maximum atomic E-state index is 13.7. The maximum Gasteiger partial charge on any atom is 0.266 e. The predicted molar refractivity (Wildman–Crippen MR) is 91.1 cm³/mol. The van der Waals surface area contributed by atoms with Crippen molar-refractivity contribution in [1.82, 2.24) is 9.88 Å². The lowest BCUT2D eigenvalue weighted by Crippen LogP contribution is -2.23. The summed E-state index contributed by atoms with van der Waals surface area (Å²) in [4.78, 5) is 22.4. The van der Waals surface area contributed by atoms with Crippen LogP contribution in [0.4, 0.5) is 10.1 Å². The van der Waals surface area contributed by atoms with Crippen molar-refractivity contribution < 1.29 is 9.18 Å². The molecule has 0 saturated carbocycles. The number of halogens is 2. The van der Waals surface area contributed by atoms with Gasteiger partial charge in [-0.1, -0.05) is 29.8 Å². The van der Waals surface area contributed by atoms with Crippen molar-refractivity contribution in [2.75, 3.05) is 7.05 Å². The quantitative estimate of drug-likeness (QED) is 0.768. The first-order valence-electron chi connectivity index (χ1n) is 6.66. The third kappa shape index (κ3) is 3.28. The van der Waals surface area contributed by atoms with E-state index in [4.69, 9.17) is 11.6 Å². The Balaban J connectivity index is 1.95. The van der Waals surface area contributed by atoms with Gasteiger partial charge in [-0.15, -0.1) is 0 Å². The number of nitrogens with zero attached hydrogens (tertiary/aromatic N) is 3. The number of aromatic nitrogens is 1. The van der Waals surface area contributed by atoms with E-state index in [0.29, 0.717) is 26.3 Å². The normalized spacial score (nSPS) is 18.2. The Morgan fingerprint density at radius 3 is 2.87 bits per heavy atom. The Kier molecular flexibility index (Phi) is 4.45. The highest BCUT2D eigenvalue weighted by molar-refractivity contribution is 8.18. The van der Waals surface area contributed by atoms with Crippen molar-refractivity contribution in [3.8, 4) is 0 Å². The van der Waals surface area contributed by atoms with Crippen molar-refractivity contribution >= 4 is 46.2 Å². The standard InChI is InChI=1S/C16H11ClFN3OS/c1-21-15(22)14(8-10-4-2-3-5-12(10)18)23-16(21)20-13-6-7-19-9-11(13)17/h2-9H,1H3/b14-8-,20-16?. The number of likely N-dealkylation sites (N-methyl/N-ethyl adjacent to an activating group) is 1. The van der Waals surface area contributed by atoms with Crippen LogP contribution in [0.1, 0.15) is 5.56 Å². The van der Waals surface area contributed by atoms with Crippen LogP contribution < -0.4 is 0 Å². The van der Waals surface area contributed by atoms with Gasteiger partial charge in [-0.05, 0) is 30.0 Å². The van der Waals surface area contributed by atoms with E-state index in [1.807, 2.05) is 0 Å². The maximum absolute atomic E-state index is 13.7.